The molecule has 0 amide bonds. The fourth-order valence-electron chi connectivity index (χ4n) is 1.18. The van der Waals surface area contributed by atoms with Gasteiger partial charge in [0.25, 0.3) is 0 Å². The molecule has 0 atom stereocenters. The van der Waals surface area contributed by atoms with Crippen molar-refractivity contribution in [2.75, 3.05) is 33.5 Å². The van der Waals surface area contributed by atoms with Crippen LogP contribution in [-0.4, -0.2) is 49.6 Å². The summed E-state index contributed by atoms with van der Waals surface area (Å²) in [6.45, 7) is 2.42. The Morgan fingerprint density at radius 3 is 2.56 bits per heavy atom. The highest BCUT2D eigenvalue weighted by atomic mass is 16.5. The van der Waals surface area contributed by atoms with Crippen molar-refractivity contribution in [3.8, 4) is 0 Å². The number of pyridine rings is 1. The third-order valence-electron chi connectivity index (χ3n) is 2.13. The molecule has 0 bridgehead atoms. The van der Waals surface area contributed by atoms with Gasteiger partial charge in [-0.1, -0.05) is 0 Å². The molecule has 0 aromatic carbocycles. The quantitative estimate of drug-likeness (QED) is 0.662. The van der Waals surface area contributed by atoms with Crippen LogP contribution in [0, 0.1) is 0 Å². The van der Waals surface area contributed by atoms with Gasteiger partial charge < -0.3 is 19.3 Å². The summed E-state index contributed by atoms with van der Waals surface area (Å²) in [4.78, 5) is 14.6. The molecule has 6 nitrogen and oxygen atoms in total. The average molecular weight is 255 g/mol. The number of hydrogen-bond donors (Lipinski definition) is 1. The maximum absolute atomic E-state index is 10.6. The van der Waals surface area contributed by atoms with Crippen molar-refractivity contribution in [2.24, 2.45) is 0 Å². The second-order valence-electron chi connectivity index (χ2n) is 3.50. The molecule has 1 heterocycles. The van der Waals surface area contributed by atoms with E-state index in [4.69, 9.17) is 19.3 Å². The van der Waals surface area contributed by atoms with Crippen molar-refractivity contribution in [1.82, 2.24) is 4.98 Å². The second-order valence-corrected chi connectivity index (χ2v) is 3.50. The van der Waals surface area contributed by atoms with E-state index in [0.29, 0.717) is 38.7 Å². The van der Waals surface area contributed by atoms with Gasteiger partial charge in [-0.25, -0.2) is 4.79 Å². The first-order valence-corrected chi connectivity index (χ1v) is 5.56. The van der Waals surface area contributed by atoms with E-state index in [1.165, 1.54) is 12.3 Å². The Balaban J connectivity index is 2.14. The lowest BCUT2D eigenvalue weighted by molar-refractivity contribution is 0.0192. The van der Waals surface area contributed by atoms with E-state index in [1.807, 2.05) is 0 Å². The molecule has 1 N–H and O–H groups in total. The number of ether oxygens (including phenoxy) is 3. The van der Waals surface area contributed by atoms with Crippen molar-refractivity contribution in [3.63, 3.8) is 0 Å². The Labute approximate surface area is 106 Å². The lowest BCUT2D eigenvalue weighted by atomic mass is 10.2. The van der Waals surface area contributed by atoms with E-state index in [-0.39, 0.29) is 5.56 Å². The Morgan fingerprint density at radius 2 is 1.94 bits per heavy atom. The normalized spacial score (nSPS) is 10.5. The van der Waals surface area contributed by atoms with Crippen molar-refractivity contribution < 1.29 is 24.1 Å². The second kappa shape index (κ2) is 8.57. The number of rotatable bonds is 9. The molecule has 6 heteroatoms. The molecule has 1 aromatic heterocycles. The zero-order valence-corrected chi connectivity index (χ0v) is 10.3. The van der Waals surface area contributed by atoms with Gasteiger partial charge in [0.1, 0.15) is 0 Å². The van der Waals surface area contributed by atoms with E-state index in [1.54, 1.807) is 13.2 Å². The Morgan fingerprint density at radius 1 is 1.22 bits per heavy atom. The zero-order valence-electron chi connectivity index (χ0n) is 10.3. The number of aromatic carboxylic acids is 1. The van der Waals surface area contributed by atoms with E-state index in [0.717, 1.165) is 0 Å². The first-order valence-electron chi connectivity index (χ1n) is 5.56. The van der Waals surface area contributed by atoms with Crippen molar-refractivity contribution in [1.29, 1.82) is 0 Å². The maximum Gasteiger partial charge on any atom is 0.337 e. The van der Waals surface area contributed by atoms with Crippen LogP contribution in [0.1, 0.15) is 16.1 Å². The predicted molar refractivity (Wildman–Crippen MR) is 63.5 cm³/mol. The summed E-state index contributed by atoms with van der Waals surface area (Å²) in [5.74, 6) is -0.985. The van der Waals surface area contributed by atoms with Gasteiger partial charge in [0, 0.05) is 13.3 Å². The number of hydrogen-bond acceptors (Lipinski definition) is 5. The zero-order chi connectivity index (χ0) is 13.2. The van der Waals surface area contributed by atoms with Gasteiger partial charge in [0.05, 0.1) is 44.3 Å². The summed E-state index contributed by atoms with van der Waals surface area (Å²) in [5, 5.41) is 8.69. The van der Waals surface area contributed by atoms with Crippen LogP contribution in [0.15, 0.2) is 18.3 Å². The minimum Gasteiger partial charge on any atom is -0.478 e. The van der Waals surface area contributed by atoms with Crippen molar-refractivity contribution in [2.45, 2.75) is 6.61 Å². The summed E-state index contributed by atoms with van der Waals surface area (Å²) in [6.07, 6.45) is 1.32. The van der Waals surface area contributed by atoms with Crippen LogP contribution >= 0.6 is 0 Å². The number of aromatic nitrogens is 1. The molecule has 0 aliphatic rings. The number of carbonyl (C=O) groups is 1. The van der Waals surface area contributed by atoms with E-state index in [9.17, 15) is 4.79 Å². The Bertz CT molecular complexity index is 352. The predicted octanol–water partition coefficient (Wildman–Crippen LogP) is 0.959. The Hall–Kier alpha value is -1.50. The molecule has 1 aromatic rings. The average Bonchev–Trinajstić information content (AvgIpc) is 2.38. The first kappa shape index (κ1) is 14.6. The molecular weight excluding hydrogens is 238 g/mol. The summed E-state index contributed by atoms with van der Waals surface area (Å²) >= 11 is 0. The molecule has 100 valence electrons. The topological polar surface area (TPSA) is 77.9 Å². The Kier molecular flexibility index (Phi) is 6.93. The van der Waals surface area contributed by atoms with Crippen LogP contribution in [0.4, 0.5) is 0 Å². The van der Waals surface area contributed by atoms with E-state index >= 15 is 0 Å². The molecule has 0 aliphatic carbocycles. The SMILES string of the molecule is COCCOCCOCc1ccc(C(=O)O)cn1. The molecule has 0 radical (unpaired) electrons. The molecule has 0 aliphatic heterocycles. The molecule has 1 rings (SSSR count). The van der Waals surface area contributed by atoms with Gasteiger partial charge in [-0.05, 0) is 12.1 Å². The highest BCUT2D eigenvalue weighted by molar-refractivity contribution is 5.87. The van der Waals surface area contributed by atoms with Crippen molar-refractivity contribution >= 4 is 5.97 Å². The third kappa shape index (κ3) is 5.72. The molecule has 0 unspecified atom stereocenters. The monoisotopic (exact) mass is 255 g/mol. The standard InChI is InChI=1S/C12H17NO5/c1-16-4-5-17-6-7-18-9-11-3-2-10(8-13-11)12(14)15/h2-3,8H,4-7,9H2,1H3,(H,14,15). The van der Waals surface area contributed by atoms with Crippen LogP contribution < -0.4 is 0 Å². The lowest BCUT2D eigenvalue weighted by Crippen LogP contribution is -2.08. The van der Waals surface area contributed by atoms with Crippen LogP contribution in [-0.2, 0) is 20.8 Å². The number of methoxy groups -OCH3 is 1. The van der Waals surface area contributed by atoms with Gasteiger partial charge in [0.15, 0.2) is 0 Å². The number of carboxylic acid groups (broad SMARTS) is 1. The van der Waals surface area contributed by atoms with Crippen molar-refractivity contribution in [3.05, 3.63) is 29.6 Å². The lowest BCUT2D eigenvalue weighted by Gasteiger charge is -2.05. The third-order valence-corrected chi connectivity index (χ3v) is 2.13. The largest absolute Gasteiger partial charge is 0.478 e. The molecule has 0 saturated heterocycles. The van der Waals surface area contributed by atoms with Gasteiger partial charge in [0.2, 0.25) is 0 Å². The summed E-state index contributed by atoms with van der Waals surface area (Å²) in [5.41, 5.74) is 0.860. The first-order chi connectivity index (χ1) is 8.74. The van der Waals surface area contributed by atoms with Gasteiger partial charge >= 0.3 is 5.97 Å². The van der Waals surface area contributed by atoms with Crippen LogP contribution in [0.25, 0.3) is 0 Å². The highest BCUT2D eigenvalue weighted by Gasteiger charge is 2.02. The summed E-state index contributed by atoms with van der Waals surface area (Å²) < 4.78 is 15.4. The highest BCUT2D eigenvalue weighted by Crippen LogP contribution is 2.01. The molecule has 0 fully saturated rings. The van der Waals surface area contributed by atoms with Crippen LogP contribution in [0.5, 0.6) is 0 Å². The van der Waals surface area contributed by atoms with E-state index < -0.39 is 5.97 Å². The minimum atomic E-state index is -0.985. The van der Waals surface area contributed by atoms with Crippen LogP contribution in [0.3, 0.4) is 0 Å². The molecule has 0 spiro atoms. The van der Waals surface area contributed by atoms with Gasteiger partial charge in [-0.2, -0.15) is 0 Å². The van der Waals surface area contributed by atoms with E-state index in [2.05, 4.69) is 4.98 Å². The van der Waals surface area contributed by atoms with Gasteiger partial charge in [-0.3, -0.25) is 4.98 Å². The summed E-state index contributed by atoms with van der Waals surface area (Å²) in [6, 6.07) is 3.14. The number of carboxylic acids is 1. The van der Waals surface area contributed by atoms with Gasteiger partial charge in [-0.15, -0.1) is 0 Å². The summed E-state index contributed by atoms with van der Waals surface area (Å²) in [7, 11) is 1.62. The molecular formula is C12H17NO5. The maximum atomic E-state index is 10.6. The fourth-order valence-corrected chi connectivity index (χ4v) is 1.18. The smallest absolute Gasteiger partial charge is 0.337 e. The fraction of sp³-hybridized carbons (Fsp3) is 0.500. The molecule has 0 saturated carbocycles. The van der Waals surface area contributed by atoms with Crippen LogP contribution in [0.2, 0.25) is 0 Å². The molecule has 18 heavy (non-hydrogen) atoms. The number of nitrogens with zero attached hydrogens (tertiary/aromatic N) is 1. The minimum absolute atomic E-state index is 0.168.